The van der Waals surface area contributed by atoms with E-state index in [1.54, 1.807) is 0 Å². The van der Waals surface area contributed by atoms with Gasteiger partial charge in [-0.25, -0.2) is 0 Å². The zero-order valence-electron chi connectivity index (χ0n) is 5.99. The molecule has 0 heteroatoms. The minimum Gasteiger partial charge on any atom is -0.107 e. The van der Waals surface area contributed by atoms with Crippen LogP contribution in [0.15, 0.2) is 0 Å². The largest absolute Gasteiger partial charge is 0.107 e. The van der Waals surface area contributed by atoms with Gasteiger partial charge in [0.05, 0.1) is 0 Å². The minimum atomic E-state index is 1.08. The van der Waals surface area contributed by atoms with Gasteiger partial charge in [-0.2, -0.15) is 0 Å². The van der Waals surface area contributed by atoms with Crippen LogP contribution in [0.4, 0.5) is 0 Å². The predicted octanol–water partition coefficient (Wildman–Crippen LogP) is 2.45. The number of hydrogen-bond acceptors (Lipinski definition) is 0. The number of rotatable bonds is 0. The van der Waals surface area contributed by atoms with Crippen molar-refractivity contribution in [3.8, 4) is 11.8 Å². The molecular formula is C8H14. The second-order valence-corrected chi connectivity index (χ2v) is 2.18. The van der Waals surface area contributed by atoms with E-state index >= 15 is 0 Å². The Morgan fingerprint density at radius 3 is 1.38 bits per heavy atom. The van der Waals surface area contributed by atoms with Gasteiger partial charge in [-0.05, 0) is 19.8 Å². The summed E-state index contributed by atoms with van der Waals surface area (Å²) < 4.78 is 0. The maximum Gasteiger partial charge on any atom is -0.00271 e. The normalized spacial score (nSPS) is 14.9. The Labute approximate surface area is 52.3 Å². The molecule has 1 rings (SSSR count). The third-order valence-corrected chi connectivity index (χ3v) is 1.12. The molecule has 0 aromatic carbocycles. The van der Waals surface area contributed by atoms with Gasteiger partial charge < -0.3 is 0 Å². The molecule has 0 aliphatic heterocycles. The fourth-order valence-corrected chi connectivity index (χ4v) is 0.167. The summed E-state index contributed by atoms with van der Waals surface area (Å²) >= 11 is 0. The Kier molecular flexibility index (Phi) is 4.45. The topological polar surface area (TPSA) is 0 Å². The van der Waals surface area contributed by atoms with Crippen molar-refractivity contribution in [2.75, 3.05) is 0 Å². The Morgan fingerprint density at radius 1 is 1.12 bits per heavy atom. The van der Waals surface area contributed by atoms with Gasteiger partial charge in [0.25, 0.3) is 0 Å². The van der Waals surface area contributed by atoms with Gasteiger partial charge in [-0.15, -0.1) is 11.8 Å². The summed E-state index contributed by atoms with van der Waals surface area (Å²) in [5.41, 5.74) is 0. The average Bonchev–Trinajstić information content (AvgIpc) is 2.52. The van der Waals surface area contributed by atoms with Crippen LogP contribution in [-0.2, 0) is 0 Å². The molecule has 1 aliphatic carbocycles. The lowest BCUT2D eigenvalue weighted by molar-refractivity contribution is 0.983. The first-order valence-corrected chi connectivity index (χ1v) is 3.14. The Hall–Kier alpha value is -0.440. The molecule has 1 fully saturated rings. The molecule has 0 amide bonds. The molecule has 0 N–H and O–H groups in total. The lowest BCUT2D eigenvalue weighted by Gasteiger charge is -1.53. The van der Waals surface area contributed by atoms with E-state index in [0.717, 1.165) is 5.92 Å². The van der Waals surface area contributed by atoms with Crippen LogP contribution in [0.25, 0.3) is 0 Å². The molecule has 0 aromatic heterocycles. The van der Waals surface area contributed by atoms with E-state index in [0.29, 0.717) is 0 Å². The predicted molar refractivity (Wildman–Crippen MR) is 37.5 cm³/mol. The maximum absolute atomic E-state index is 2.68. The standard InChI is InChI=1S/C4H8.C4H6/c1-4-2-3-4;1-3-4-2/h4H,2-3H2,1H3;1-2H3. The zero-order chi connectivity index (χ0) is 6.41. The summed E-state index contributed by atoms with van der Waals surface area (Å²) in [5, 5.41) is 0. The Balaban J connectivity index is 0.000000122. The van der Waals surface area contributed by atoms with Crippen LogP contribution in [0.3, 0.4) is 0 Å². The molecule has 0 unspecified atom stereocenters. The fourth-order valence-electron chi connectivity index (χ4n) is 0.167. The summed E-state index contributed by atoms with van der Waals surface area (Å²) in [6.07, 6.45) is 2.97. The lowest BCUT2D eigenvalue weighted by Crippen LogP contribution is -1.42. The van der Waals surface area contributed by atoms with E-state index in [1.807, 2.05) is 13.8 Å². The van der Waals surface area contributed by atoms with Crippen LogP contribution in [0.1, 0.15) is 33.6 Å². The molecule has 0 bridgehead atoms. The molecular weight excluding hydrogens is 96.1 g/mol. The van der Waals surface area contributed by atoms with E-state index in [-0.39, 0.29) is 0 Å². The highest BCUT2D eigenvalue weighted by Crippen LogP contribution is 2.26. The highest BCUT2D eigenvalue weighted by atomic mass is 14.2. The van der Waals surface area contributed by atoms with Gasteiger partial charge >= 0.3 is 0 Å². The van der Waals surface area contributed by atoms with Crippen molar-refractivity contribution < 1.29 is 0 Å². The first-order chi connectivity index (χ1) is 3.81. The van der Waals surface area contributed by atoms with Crippen LogP contribution in [0.5, 0.6) is 0 Å². The maximum atomic E-state index is 2.68. The van der Waals surface area contributed by atoms with Crippen molar-refractivity contribution in [2.24, 2.45) is 5.92 Å². The van der Waals surface area contributed by atoms with Gasteiger partial charge in [0.1, 0.15) is 0 Å². The van der Waals surface area contributed by atoms with E-state index in [9.17, 15) is 0 Å². The van der Waals surface area contributed by atoms with Crippen molar-refractivity contribution in [1.82, 2.24) is 0 Å². The SMILES string of the molecule is CC#CC.CC1CC1. The van der Waals surface area contributed by atoms with Crippen LogP contribution in [0, 0.1) is 17.8 Å². The molecule has 0 spiro atoms. The van der Waals surface area contributed by atoms with E-state index in [4.69, 9.17) is 0 Å². The lowest BCUT2D eigenvalue weighted by atomic mass is 10.5. The van der Waals surface area contributed by atoms with E-state index in [1.165, 1.54) is 12.8 Å². The second-order valence-electron chi connectivity index (χ2n) is 2.18. The van der Waals surface area contributed by atoms with Gasteiger partial charge in [-0.1, -0.05) is 19.8 Å². The van der Waals surface area contributed by atoms with Crippen LogP contribution >= 0.6 is 0 Å². The zero-order valence-corrected chi connectivity index (χ0v) is 5.99. The molecule has 8 heavy (non-hydrogen) atoms. The van der Waals surface area contributed by atoms with Gasteiger partial charge in [-0.3, -0.25) is 0 Å². The van der Waals surface area contributed by atoms with E-state index in [2.05, 4.69) is 18.8 Å². The van der Waals surface area contributed by atoms with Crippen LogP contribution in [-0.4, -0.2) is 0 Å². The van der Waals surface area contributed by atoms with Crippen molar-refractivity contribution in [3.63, 3.8) is 0 Å². The fraction of sp³-hybridized carbons (Fsp3) is 0.750. The summed E-state index contributed by atoms with van der Waals surface area (Å²) in [6.45, 7) is 5.92. The highest BCUT2D eigenvalue weighted by Gasteiger charge is 2.12. The average molecular weight is 110 g/mol. The van der Waals surface area contributed by atoms with Crippen molar-refractivity contribution in [1.29, 1.82) is 0 Å². The highest BCUT2D eigenvalue weighted by molar-refractivity contribution is 4.89. The van der Waals surface area contributed by atoms with Gasteiger partial charge in [0.2, 0.25) is 0 Å². The van der Waals surface area contributed by atoms with Gasteiger partial charge in [0.15, 0.2) is 0 Å². The third kappa shape index (κ3) is 9.12. The monoisotopic (exact) mass is 110 g/mol. The Morgan fingerprint density at radius 2 is 1.38 bits per heavy atom. The third-order valence-electron chi connectivity index (χ3n) is 1.12. The molecule has 0 nitrogen and oxygen atoms in total. The van der Waals surface area contributed by atoms with Gasteiger partial charge in [0, 0.05) is 0 Å². The second kappa shape index (κ2) is 4.71. The minimum absolute atomic E-state index is 1.08. The summed E-state index contributed by atoms with van der Waals surface area (Å²) in [5.74, 6) is 6.44. The molecule has 0 saturated heterocycles. The van der Waals surface area contributed by atoms with Crippen LogP contribution < -0.4 is 0 Å². The molecule has 46 valence electrons. The summed E-state index contributed by atoms with van der Waals surface area (Å²) in [4.78, 5) is 0. The Bertz CT molecular complexity index is 82.3. The van der Waals surface area contributed by atoms with Crippen molar-refractivity contribution >= 4 is 0 Å². The molecule has 0 radical (unpaired) electrons. The van der Waals surface area contributed by atoms with Crippen molar-refractivity contribution in [3.05, 3.63) is 0 Å². The summed E-state index contributed by atoms with van der Waals surface area (Å²) in [7, 11) is 0. The van der Waals surface area contributed by atoms with E-state index < -0.39 is 0 Å². The molecule has 0 aromatic rings. The number of hydrogen-bond donors (Lipinski definition) is 0. The molecule has 1 aliphatic rings. The molecule has 1 saturated carbocycles. The molecule has 0 heterocycles. The quantitative estimate of drug-likeness (QED) is 0.420. The summed E-state index contributed by atoms with van der Waals surface area (Å²) in [6, 6.07) is 0. The van der Waals surface area contributed by atoms with Crippen LogP contribution in [0.2, 0.25) is 0 Å². The first kappa shape index (κ1) is 7.56. The molecule has 0 atom stereocenters. The smallest absolute Gasteiger partial charge is 0.00271 e. The first-order valence-electron chi connectivity index (χ1n) is 3.14. The van der Waals surface area contributed by atoms with Crippen molar-refractivity contribution in [2.45, 2.75) is 33.6 Å².